The number of pyridine rings is 1. The van der Waals surface area contributed by atoms with Gasteiger partial charge in [0.2, 0.25) is 5.88 Å². The van der Waals surface area contributed by atoms with Crippen LogP contribution in [0.5, 0.6) is 5.88 Å². The van der Waals surface area contributed by atoms with Crippen molar-refractivity contribution in [2.75, 3.05) is 33.4 Å². The largest absolute Gasteiger partial charge is 0.476 e. The fourth-order valence-electron chi connectivity index (χ4n) is 3.52. The van der Waals surface area contributed by atoms with Gasteiger partial charge < -0.3 is 19.9 Å². The molecule has 0 fully saturated rings. The van der Waals surface area contributed by atoms with Crippen LogP contribution in [-0.4, -0.2) is 66.5 Å². The zero-order valence-electron chi connectivity index (χ0n) is 19.1. The van der Waals surface area contributed by atoms with Crippen molar-refractivity contribution in [3.05, 3.63) is 89.3 Å². The lowest BCUT2D eigenvalue weighted by Gasteiger charge is -2.26. The van der Waals surface area contributed by atoms with E-state index in [4.69, 9.17) is 9.47 Å². The summed E-state index contributed by atoms with van der Waals surface area (Å²) in [5.74, 6) is 2.54. The molecule has 33 heavy (non-hydrogen) atoms. The van der Waals surface area contributed by atoms with Crippen LogP contribution in [0.15, 0.2) is 78.2 Å². The summed E-state index contributed by atoms with van der Waals surface area (Å²) < 4.78 is 11.7. The molecule has 1 aliphatic rings. The molecule has 1 aromatic heterocycles. The lowest BCUT2D eigenvalue weighted by Crippen LogP contribution is -2.38. The van der Waals surface area contributed by atoms with Crippen LogP contribution in [0.4, 0.5) is 0 Å². The Hall–Kier alpha value is -3.22. The number of nitrogens with zero attached hydrogens (tertiary/aromatic N) is 2. The number of aromatic nitrogens is 1. The van der Waals surface area contributed by atoms with E-state index >= 15 is 0 Å². The summed E-state index contributed by atoms with van der Waals surface area (Å²) in [7, 11) is 1.78. The monoisotopic (exact) mass is 449 g/mol. The van der Waals surface area contributed by atoms with Gasteiger partial charge in [0, 0.05) is 44.1 Å². The number of carbonyl (C=O) groups excluding carboxylic acids is 1. The van der Waals surface area contributed by atoms with Crippen molar-refractivity contribution >= 4 is 5.94 Å². The second kappa shape index (κ2) is 12.7. The molecular weight excluding hydrogens is 418 g/mol. The molecule has 2 aromatic rings. The van der Waals surface area contributed by atoms with Gasteiger partial charge in [0.1, 0.15) is 18.7 Å². The number of hydrogen-bond acceptors (Lipinski definition) is 7. The van der Waals surface area contributed by atoms with E-state index in [2.05, 4.69) is 27.3 Å². The van der Waals surface area contributed by atoms with Crippen LogP contribution in [0.2, 0.25) is 0 Å². The quantitative estimate of drug-likeness (QED) is 0.482. The third-order valence-corrected chi connectivity index (χ3v) is 5.27. The minimum absolute atomic E-state index is 0.0917. The standard InChI is InChI=1S/C26H31N3O4/c1-20-7-6-12-28-26(20)32-14-13-29(16-21-8-4-3-5-9-21)17-24(31)19-33-25-11-10-23(27-2)15-22(25)18-30/h3-12,15,24-25,27,31H,13-14,16-17,19H2,1-2H3. The van der Waals surface area contributed by atoms with Gasteiger partial charge in [-0.1, -0.05) is 36.4 Å². The number of nitrogens with one attached hydrogen (secondary N) is 1. The maximum absolute atomic E-state index is 11.3. The van der Waals surface area contributed by atoms with E-state index in [1.165, 1.54) is 0 Å². The molecule has 174 valence electrons. The van der Waals surface area contributed by atoms with Crippen LogP contribution in [-0.2, 0) is 16.1 Å². The van der Waals surface area contributed by atoms with Crippen LogP contribution in [0.3, 0.4) is 0 Å². The Morgan fingerprint density at radius 2 is 2.06 bits per heavy atom. The molecule has 0 saturated carbocycles. The Bertz CT molecular complexity index is 1000. The number of likely N-dealkylation sites (N-methyl/N-ethyl adjacent to an activating group) is 1. The van der Waals surface area contributed by atoms with Crippen molar-refractivity contribution in [3.63, 3.8) is 0 Å². The van der Waals surface area contributed by atoms with Gasteiger partial charge in [0.15, 0.2) is 0 Å². The summed E-state index contributed by atoms with van der Waals surface area (Å²) in [5, 5.41) is 13.7. The average molecular weight is 450 g/mol. The Labute approximate surface area is 195 Å². The lowest BCUT2D eigenvalue weighted by molar-refractivity contribution is 0.00283. The molecule has 1 aliphatic carbocycles. The molecule has 3 rings (SSSR count). The highest BCUT2D eigenvalue weighted by Gasteiger charge is 2.19. The molecule has 0 bridgehead atoms. The molecule has 0 spiro atoms. The Morgan fingerprint density at radius 1 is 1.24 bits per heavy atom. The molecule has 2 unspecified atom stereocenters. The maximum atomic E-state index is 11.3. The molecule has 2 N–H and O–H groups in total. The van der Waals surface area contributed by atoms with Gasteiger partial charge in [-0.25, -0.2) is 9.78 Å². The van der Waals surface area contributed by atoms with Crippen molar-refractivity contribution < 1.29 is 19.4 Å². The first-order valence-electron chi connectivity index (χ1n) is 11.0. The number of hydrogen-bond donors (Lipinski definition) is 2. The Kier molecular flexibility index (Phi) is 9.42. The molecule has 7 heteroatoms. The van der Waals surface area contributed by atoms with Gasteiger partial charge >= 0.3 is 0 Å². The van der Waals surface area contributed by atoms with E-state index in [0.29, 0.717) is 37.7 Å². The second-order valence-corrected chi connectivity index (χ2v) is 7.87. The first-order valence-corrected chi connectivity index (χ1v) is 11.0. The van der Waals surface area contributed by atoms with Crippen molar-refractivity contribution in [1.82, 2.24) is 15.2 Å². The molecule has 7 nitrogen and oxygen atoms in total. The first kappa shape index (κ1) is 24.4. The number of aryl methyl sites for hydroxylation is 1. The molecule has 1 aromatic carbocycles. The Balaban J connectivity index is 1.55. The minimum Gasteiger partial charge on any atom is -0.476 e. The van der Waals surface area contributed by atoms with E-state index in [1.807, 2.05) is 49.3 Å². The van der Waals surface area contributed by atoms with Gasteiger partial charge in [0.05, 0.1) is 18.3 Å². The number of rotatable bonds is 12. The second-order valence-electron chi connectivity index (χ2n) is 7.87. The van der Waals surface area contributed by atoms with Crippen LogP contribution < -0.4 is 10.1 Å². The average Bonchev–Trinajstić information content (AvgIpc) is 2.84. The summed E-state index contributed by atoms with van der Waals surface area (Å²) in [6.45, 7) is 4.17. The topological polar surface area (TPSA) is 83.9 Å². The van der Waals surface area contributed by atoms with Crippen LogP contribution >= 0.6 is 0 Å². The van der Waals surface area contributed by atoms with E-state index in [-0.39, 0.29) is 6.61 Å². The lowest BCUT2D eigenvalue weighted by atomic mass is 10.0. The highest BCUT2D eigenvalue weighted by atomic mass is 16.5. The minimum atomic E-state index is -0.735. The first-order chi connectivity index (χ1) is 16.1. The SMILES string of the molecule is CNC1=CC(=C=O)C(OCC(O)CN(CCOc2ncccc2C)Cc2ccccc2)C=C1. The van der Waals surface area contributed by atoms with E-state index in [1.54, 1.807) is 25.4 Å². The van der Waals surface area contributed by atoms with Gasteiger partial charge in [-0.2, -0.15) is 0 Å². The van der Waals surface area contributed by atoms with Crippen molar-refractivity contribution in [2.45, 2.75) is 25.7 Å². The summed E-state index contributed by atoms with van der Waals surface area (Å²) in [5.41, 5.74) is 3.33. The third-order valence-electron chi connectivity index (χ3n) is 5.27. The maximum Gasteiger partial charge on any atom is 0.216 e. The molecule has 0 radical (unpaired) electrons. The van der Waals surface area contributed by atoms with Gasteiger partial charge in [0.25, 0.3) is 0 Å². The fraction of sp³-hybridized carbons (Fsp3) is 0.346. The predicted molar refractivity (Wildman–Crippen MR) is 127 cm³/mol. The van der Waals surface area contributed by atoms with Crippen LogP contribution in [0.1, 0.15) is 11.1 Å². The number of allylic oxidation sites excluding steroid dienone is 1. The van der Waals surface area contributed by atoms with Crippen LogP contribution in [0, 0.1) is 6.92 Å². The highest BCUT2D eigenvalue weighted by Crippen LogP contribution is 2.17. The van der Waals surface area contributed by atoms with Gasteiger partial charge in [-0.05, 0) is 36.8 Å². The zero-order valence-corrected chi connectivity index (χ0v) is 19.1. The van der Waals surface area contributed by atoms with E-state index in [0.717, 1.165) is 16.8 Å². The summed E-state index contributed by atoms with van der Waals surface area (Å²) in [6, 6.07) is 13.9. The number of benzene rings is 1. The highest BCUT2D eigenvalue weighted by molar-refractivity contribution is 5.62. The normalized spacial score (nSPS) is 16.3. The summed E-state index contributed by atoms with van der Waals surface area (Å²) in [4.78, 5) is 17.7. The fourth-order valence-corrected chi connectivity index (χ4v) is 3.52. The zero-order chi connectivity index (χ0) is 23.5. The van der Waals surface area contributed by atoms with E-state index < -0.39 is 12.2 Å². The van der Waals surface area contributed by atoms with Gasteiger partial charge in [-0.15, -0.1) is 0 Å². The third kappa shape index (κ3) is 7.70. The van der Waals surface area contributed by atoms with Gasteiger partial charge in [-0.3, -0.25) is 4.90 Å². The van der Waals surface area contributed by atoms with Crippen molar-refractivity contribution in [2.24, 2.45) is 0 Å². The number of aliphatic hydroxyl groups excluding tert-OH is 1. The molecule has 0 amide bonds. The Morgan fingerprint density at radius 3 is 2.79 bits per heavy atom. The number of ether oxygens (including phenoxy) is 2. The summed E-state index contributed by atoms with van der Waals surface area (Å²) in [6.07, 6.45) is 5.78. The van der Waals surface area contributed by atoms with Crippen molar-refractivity contribution in [1.29, 1.82) is 0 Å². The predicted octanol–water partition coefficient (Wildman–Crippen LogP) is 2.45. The molecular formula is C26H31N3O4. The smallest absolute Gasteiger partial charge is 0.216 e. The molecule has 0 aliphatic heterocycles. The van der Waals surface area contributed by atoms with Crippen LogP contribution in [0.25, 0.3) is 0 Å². The summed E-state index contributed by atoms with van der Waals surface area (Å²) >= 11 is 0. The van der Waals surface area contributed by atoms with Crippen molar-refractivity contribution in [3.8, 4) is 5.88 Å². The number of aliphatic hydroxyl groups is 1. The van der Waals surface area contributed by atoms with E-state index in [9.17, 15) is 9.90 Å². The molecule has 0 saturated heterocycles. The molecule has 2 atom stereocenters. The molecule has 1 heterocycles.